The van der Waals surface area contributed by atoms with Gasteiger partial charge in [-0.05, 0) is 37.6 Å². The molecule has 0 radical (unpaired) electrons. The van der Waals surface area contributed by atoms with Crippen molar-refractivity contribution in [3.8, 4) is 0 Å². The second-order valence-electron chi connectivity index (χ2n) is 7.81. The third kappa shape index (κ3) is 6.18. The van der Waals surface area contributed by atoms with Crippen molar-refractivity contribution in [2.24, 2.45) is 0 Å². The van der Waals surface area contributed by atoms with Gasteiger partial charge in [-0.3, -0.25) is 9.59 Å². The topological polar surface area (TPSA) is 104 Å². The molecule has 3 rings (SSSR count). The lowest BCUT2D eigenvalue weighted by Crippen LogP contribution is -2.41. The number of rotatable bonds is 10. The van der Waals surface area contributed by atoms with Gasteiger partial charge in [-0.25, -0.2) is 13.1 Å². The first-order chi connectivity index (χ1) is 15.8. The number of hydrogen-bond donors (Lipinski definition) is 3. The lowest BCUT2D eigenvalue weighted by molar-refractivity contribution is -0.117. The van der Waals surface area contributed by atoms with E-state index in [2.05, 4.69) is 22.3 Å². The maximum Gasteiger partial charge on any atom is 0.251 e. The van der Waals surface area contributed by atoms with Gasteiger partial charge in [0.2, 0.25) is 15.9 Å². The lowest BCUT2D eigenvalue weighted by Gasteiger charge is -2.16. The Bertz CT molecular complexity index is 1230. The standard InChI is InChI=1S/C25H29N3O4S/c1-3-4-8-17-26-33(31,32)23-16-10-13-20-21(23)14-9-15-22(20)28-24(29)18(2)27-25(30)19-11-6-5-7-12-19/h5-7,9-16,18,26H,3-4,8,17H2,1-2H3,(H,27,30)(H,28,29). The summed E-state index contributed by atoms with van der Waals surface area (Å²) in [4.78, 5) is 25.3. The number of anilines is 1. The largest absolute Gasteiger partial charge is 0.341 e. The van der Waals surface area contributed by atoms with Gasteiger partial charge in [0.15, 0.2) is 0 Å². The highest BCUT2D eigenvalue weighted by Crippen LogP contribution is 2.29. The van der Waals surface area contributed by atoms with E-state index in [-0.39, 0.29) is 10.8 Å². The van der Waals surface area contributed by atoms with Gasteiger partial charge >= 0.3 is 0 Å². The molecular weight excluding hydrogens is 438 g/mol. The van der Waals surface area contributed by atoms with E-state index in [1.54, 1.807) is 67.6 Å². The van der Waals surface area contributed by atoms with Crippen LogP contribution in [0.1, 0.15) is 43.5 Å². The lowest BCUT2D eigenvalue weighted by atomic mass is 10.1. The number of amides is 2. The van der Waals surface area contributed by atoms with Crippen LogP contribution >= 0.6 is 0 Å². The van der Waals surface area contributed by atoms with E-state index in [9.17, 15) is 18.0 Å². The van der Waals surface area contributed by atoms with Gasteiger partial charge in [0.05, 0.1) is 4.90 Å². The van der Waals surface area contributed by atoms with E-state index >= 15 is 0 Å². The molecule has 0 bridgehead atoms. The van der Waals surface area contributed by atoms with Gasteiger partial charge in [0, 0.05) is 28.6 Å². The predicted molar refractivity (Wildman–Crippen MR) is 131 cm³/mol. The third-order valence-corrected chi connectivity index (χ3v) is 6.80. The SMILES string of the molecule is CCCCCNS(=O)(=O)c1cccc2c(NC(=O)C(C)NC(=O)c3ccccc3)cccc12. The maximum absolute atomic E-state index is 12.9. The molecule has 0 saturated heterocycles. The summed E-state index contributed by atoms with van der Waals surface area (Å²) in [6.45, 7) is 4.03. The first kappa shape index (κ1) is 24.4. The van der Waals surface area contributed by atoms with Gasteiger partial charge in [-0.1, -0.05) is 62.2 Å². The number of hydrogen-bond acceptors (Lipinski definition) is 4. The molecule has 0 aromatic heterocycles. The van der Waals surface area contributed by atoms with E-state index < -0.39 is 22.0 Å². The number of unbranched alkanes of at least 4 members (excludes halogenated alkanes) is 2. The Morgan fingerprint density at radius 1 is 0.879 bits per heavy atom. The van der Waals surface area contributed by atoms with Crippen molar-refractivity contribution in [2.75, 3.05) is 11.9 Å². The van der Waals surface area contributed by atoms with Crippen molar-refractivity contribution in [2.45, 2.75) is 44.0 Å². The summed E-state index contributed by atoms with van der Waals surface area (Å²) in [6, 6.07) is 17.9. The summed E-state index contributed by atoms with van der Waals surface area (Å²) in [7, 11) is -3.70. The summed E-state index contributed by atoms with van der Waals surface area (Å²) < 4.78 is 28.4. The van der Waals surface area contributed by atoms with Crippen molar-refractivity contribution >= 4 is 38.3 Å². The van der Waals surface area contributed by atoms with Crippen LogP contribution in [-0.2, 0) is 14.8 Å². The molecule has 7 nitrogen and oxygen atoms in total. The monoisotopic (exact) mass is 467 g/mol. The minimum atomic E-state index is -3.70. The molecule has 33 heavy (non-hydrogen) atoms. The zero-order valence-electron chi connectivity index (χ0n) is 18.8. The highest BCUT2D eigenvalue weighted by Gasteiger charge is 2.20. The van der Waals surface area contributed by atoms with Crippen LogP contribution in [0.4, 0.5) is 5.69 Å². The molecule has 3 aromatic rings. The molecule has 8 heteroatoms. The fraction of sp³-hybridized carbons (Fsp3) is 0.280. The molecule has 0 aliphatic rings. The highest BCUT2D eigenvalue weighted by atomic mass is 32.2. The van der Waals surface area contributed by atoms with Gasteiger partial charge in [0.1, 0.15) is 6.04 Å². The average Bonchev–Trinajstić information content (AvgIpc) is 2.82. The normalized spacial score (nSPS) is 12.3. The number of benzene rings is 3. The Kier molecular flexibility index (Phi) is 8.19. The average molecular weight is 468 g/mol. The van der Waals surface area contributed by atoms with Gasteiger partial charge in [-0.2, -0.15) is 0 Å². The minimum absolute atomic E-state index is 0.165. The molecule has 1 atom stereocenters. The van der Waals surface area contributed by atoms with Gasteiger partial charge in [-0.15, -0.1) is 0 Å². The maximum atomic E-state index is 12.9. The van der Waals surface area contributed by atoms with Crippen molar-refractivity contribution in [1.82, 2.24) is 10.0 Å². The molecule has 0 saturated carbocycles. The summed E-state index contributed by atoms with van der Waals surface area (Å²) in [6.07, 6.45) is 2.73. The Labute approximate surface area is 194 Å². The third-order valence-electron chi connectivity index (χ3n) is 5.28. The fourth-order valence-corrected chi connectivity index (χ4v) is 4.75. The number of carbonyl (C=O) groups is 2. The minimum Gasteiger partial charge on any atom is -0.341 e. The number of carbonyl (C=O) groups excluding carboxylic acids is 2. The van der Waals surface area contributed by atoms with Crippen molar-refractivity contribution in [1.29, 1.82) is 0 Å². The molecule has 0 fully saturated rings. The number of nitrogens with one attached hydrogen (secondary N) is 3. The van der Waals surface area contributed by atoms with Crippen LogP contribution in [0.2, 0.25) is 0 Å². The Morgan fingerprint density at radius 3 is 2.30 bits per heavy atom. The van der Waals surface area contributed by atoms with E-state index in [1.807, 2.05) is 6.07 Å². The zero-order chi connectivity index (χ0) is 23.8. The van der Waals surface area contributed by atoms with E-state index in [1.165, 1.54) is 0 Å². The summed E-state index contributed by atoms with van der Waals surface area (Å²) in [5.41, 5.74) is 0.935. The fourth-order valence-electron chi connectivity index (χ4n) is 3.46. The van der Waals surface area contributed by atoms with E-state index in [0.717, 1.165) is 19.3 Å². The van der Waals surface area contributed by atoms with Crippen LogP contribution in [0.25, 0.3) is 10.8 Å². The second kappa shape index (κ2) is 11.1. The van der Waals surface area contributed by atoms with Crippen LogP contribution < -0.4 is 15.4 Å². The first-order valence-electron chi connectivity index (χ1n) is 11.0. The van der Waals surface area contributed by atoms with Gasteiger partial charge < -0.3 is 10.6 Å². The predicted octanol–water partition coefficient (Wildman–Crippen LogP) is 4.07. The molecule has 0 aliphatic heterocycles. The Morgan fingerprint density at radius 2 is 1.58 bits per heavy atom. The van der Waals surface area contributed by atoms with Crippen molar-refractivity contribution in [3.05, 3.63) is 72.3 Å². The van der Waals surface area contributed by atoms with Crippen LogP contribution in [-0.4, -0.2) is 32.8 Å². The van der Waals surface area contributed by atoms with Crippen molar-refractivity contribution in [3.63, 3.8) is 0 Å². The first-order valence-corrected chi connectivity index (χ1v) is 12.5. The van der Waals surface area contributed by atoms with Crippen LogP contribution in [0.5, 0.6) is 0 Å². The number of sulfonamides is 1. The zero-order valence-corrected chi connectivity index (χ0v) is 19.6. The number of fused-ring (bicyclic) bond motifs is 1. The Hall–Kier alpha value is -3.23. The summed E-state index contributed by atoms with van der Waals surface area (Å²) >= 11 is 0. The molecule has 1 unspecified atom stereocenters. The smallest absolute Gasteiger partial charge is 0.251 e. The molecular formula is C25H29N3O4S. The highest BCUT2D eigenvalue weighted by molar-refractivity contribution is 7.89. The van der Waals surface area contributed by atoms with E-state index in [0.29, 0.717) is 28.6 Å². The van der Waals surface area contributed by atoms with Crippen LogP contribution in [0, 0.1) is 0 Å². The molecule has 2 amide bonds. The molecule has 0 aliphatic carbocycles. The van der Waals surface area contributed by atoms with Gasteiger partial charge in [0.25, 0.3) is 5.91 Å². The summed E-state index contributed by atoms with van der Waals surface area (Å²) in [5, 5.41) is 6.60. The van der Waals surface area contributed by atoms with Crippen LogP contribution in [0.3, 0.4) is 0 Å². The Balaban J connectivity index is 1.78. The molecule has 174 valence electrons. The molecule has 0 spiro atoms. The quantitative estimate of drug-likeness (QED) is 0.391. The molecule has 3 N–H and O–H groups in total. The van der Waals surface area contributed by atoms with Crippen molar-refractivity contribution < 1.29 is 18.0 Å². The second-order valence-corrected chi connectivity index (χ2v) is 9.55. The molecule has 0 heterocycles. The molecule has 3 aromatic carbocycles. The summed E-state index contributed by atoms with van der Waals surface area (Å²) in [5.74, 6) is -0.753. The van der Waals surface area contributed by atoms with Crippen LogP contribution in [0.15, 0.2) is 71.6 Å². The van der Waals surface area contributed by atoms with E-state index in [4.69, 9.17) is 0 Å².